The monoisotopic (exact) mass is 989 g/mol. The van der Waals surface area contributed by atoms with E-state index >= 15 is 0 Å². The SMILES string of the molecule is CCc1cc2[nH]c(-c3ccc(S(=O)(=O)NC(C)(C)C)cn3)c(SC)c2cc1F.CCc1cc2[nH]c(-c3ccc(S(=O)(=O)NC(C)(C)C)cn3)cc2cc1F.CSN1C(=O)c2ccccc2C1=O. The molecule has 0 spiro atoms. The summed E-state index contributed by atoms with van der Waals surface area (Å²) in [5.74, 6) is -0.882. The third-order valence-corrected chi connectivity index (χ3v) is 15.1. The lowest BCUT2D eigenvalue weighted by molar-refractivity contribution is 0.0777. The molecule has 19 heteroatoms. The molecule has 1 aliphatic rings. The fourth-order valence-corrected chi connectivity index (χ4v) is 11.2. The highest BCUT2D eigenvalue weighted by atomic mass is 32.2. The highest BCUT2D eigenvalue weighted by molar-refractivity contribution is 7.99. The van der Waals surface area contributed by atoms with Gasteiger partial charge in [0.05, 0.1) is 33.9 Å². The lowest BCUT2D eigenvalue weighted by Crippen LogP contribution is -2.40. The van der Waals surface area contributed by atoms with Crippen LogP contribution in [0.1, 0.15) is 87.2 Å². The number of halogens is 2. The summed E-state index contributed by atoms with van der Waals surface area (Å²) in [5, 5.41) is 1.55. The summed E-state index contributed by atoms with van der Waals surface area (Å²) in [4.78, 5) is 39.3. The number of carbonyl (C=O) groups is 2. The molecular weight excluding hydrogens is 937 g/mol. The fourth-order valence-electron chi connectivity index (χ4n) is 7.15. The van der Waals surface area contributed by atoms with Crippen LogP contribution in [0.15, 0.2) is 106 Å². The van der Waals surface area contributed by atoms with Crippen LogP contribution < -0.4 is 9.44 Å². The van der Waals surface area contributed by atoms with Gasteiger partial charge in [0.1, 0.15) is 21.4 Å². The van der Waals surface area contributed by atoms with Crippen LogP contribution in [0.4, 0.5) is 8.78 Å². The Labute approximate surface area is 398 Å². The van der Waals surface area contributed by atoms with Gasteiger partial charge in [0.25, 0.3) is 11.8 Å². The van der Waals surface area contributed by atoms with Crippen molar-refractivity contribution in [1.82, 2.24) is 33.7 Å². The van der Waals surface area contributed by atoms with Crippen molar-refractivity contribution in [3.8, 4) is 22.8 Å². The van der Waals surface area contributed by atoms with Crippen LogP contribution in [0.3, 0.4) is 0 Å². The molecule has 4 aromatic heterocycles. The number of aryl methyl sites for hydroxylation is 2. The molecule has 5 heterocycles. The number of H-pyrrole nitrogens is 2. The van der Waals surface area contributed by atoms with Gasteiger partial charge >= 0.3 is 0 Å². The Bertz CT molecular complexity index is 3160. The second-order valence-electron chi connectivity index (χ2n) is 17.5. The van der Waals surface area contributed by atoms with Gasteiger partial charge in [0, 0.05) is 56.4 Å². The number of fused-ring (bicyclic) bond motifs is 3. The summed E-state index contributed by atoms with van der Waals surface area (Å²) < 4.78 is 84.2. The average Bonchev–Trinajstić information content (AvgIpc) is 3.92. The first-order valence-electron chi connectivity index (χ1n) is 21.1. The normalized spacial score (nSPS) is 13.1. The van der Waals surface area contributed by atoms with Gasteiger partial charge in [0.15, 0.2) is 0 Å². The van der Waals surface area contributed by atoms with E-state index in [0.717, 1.165) is 44.3 Å². The van der Waals surface area contributed by atoms with E-state index in [1.165, 1.54) is 46.7 Å². The molecule has 0 unspecified atom stereocenters. The molecular formula is C48H53F2N7O6S4. The van der Waals surface area contributed by atoms with E-state index < -0.39 is 31.1 Å². The molecule has 0 bridgehead atoms. The molecule has 7 aromatic rings. The number of sulfonamides is 2. The molecule has 13 nitrogen and oxygen atoms in total. The summed E-state index contributed by atoms with van der Waals surface area (Å²) in [6, 6.07) is 21.7. The zero-order valence-corrected chi connectivity index (χ0v) is 42.0. The third kappa shape index (κ3) is 11.6. The number of carbonyl (C=O) groups excluding carboxylic acids is 2. The van der Waals surface area contributed by atoms with Crippen molar-refractivity contribution in [1.29, 1.82) is 0 Å². The molecule has 0 atom stereocenters. The molecule has 2 amide bonds. The maximum atomic E-state index is 14.3. The van der Waals surface area contributed by atoms with Gasteiger partial charge in [-0.05, 0) is 150 Å². The fraction of sp³-hybridized carbons (Fsp3) is 0.292. The number of aromatic nitrogens is 4. The van der Waals surface area contributed by atoms with E-state index in [1.54, 1.807) is 96.3 Å². The maximum absolute atomic E-state index is 14.3. The smallest absolute Gasteiger partial charge is 0.271 e. The van der Waals surface area contributed by atoms with Crippen LogP contribution in [0, 0.1) is 11.6 Å². The number of hydrogen-bond acceptors (Lipinski definition) is 10. The molecule has 3 aromatic carbocycles. The molecule has 4 N–H and O–H groups in total. The van der Waals surface area contributed by atoms with Gasteiger partial charge in [-0.3, -0.25) is 19.6 Å². The lowest BCUT2D eigenvalue weighted by Gasteiger charge is -2.20. The summed E-state index contributed by atoms with van der Waals surface area (Å²) in [7, 11) is -7.28. The zero-order chi connectivity index (χ0) is 49.2. The Kier molecular flexibility index (Phi) is 15.2. The maximum Gasteiger partial charge on any atom is 0.271 e. The third-order valence-electron chi connectivity index (χ3n) is 10.1. The van der Waals surface area contributed by atoms with E-state index in [2.05, 4.69) is 29.4 Å². The molecule has 0 radical (unpaired) electrons. The Morgan fingerprint density at radius 3 is 1.60 bits per heavy atom. The van der Waals surface area contributed by atoms with Gasteiger partial charge in [-0.2, -0.15) is 0 Å². The van der Waals surface area contributed by atoms with Crippen LogP contribution in [0.25, 0.3) is 44.6 Å². The predicted molar refractivity (Wildman–Crippen MR) is 264 cm³/mol. The van der Waals surface area contributed by atoms with Crippen molar-refractivity contribution < 1.29 is 35.2 Å². The van der Waals surface area contributed by atoms with Crippen LogP contribution in [-0.2, 0) is 32.9 Å². The summed E-state index contributed by atoms with van der Waals surface area (Å²) in [6.07, 6.45) is 7.52. The van der Waals surface area contributed by atoms with Gasteiger partial charge < -0.3 is 9.97 Å². The van der Waals surface area contributed by atoms with Crippen molar-refractivity contribution in [2.45, 2.75) is 94.0 Å². The second kappa shape index (κ2) is 20.0. The van der Waals surface area contributed by atoms with E-state index in [1.807, 2.05) is 32.2 Å². The van der Waals surface area contributed by atoms with E-state index in [0.29, 0.717) is 52.2 Å². The molecule has 1 aliphatic heterocycles. The molecule has 67 heavy (non-hydrogen) atoms. The van der Waals surface area contributed by atoms with Gasteiger partial charge in [-0.25, -0.2) is 39.4 Å². The molecule has 8 rings (SSSR count). The Hall–Kier alpha value is -5.44. The standard InChI is InChI=1S/C20H24FN3O2S2.C19H22FN3O2S.C9H7NO2S/c1-6-12-9-17-14(10-15(12)21)19(27-5)18(23-17)16-8-7-13(11-22-16)28(25,26)24-20(2,3)4;1-5-12-9-17-13(8-15(12)20)10-18(22-17)16-7-6-14(11-21-16)26(24,25)23-19(2,3)4;1-13-10-8(11)6-4-2-3-5-7(6)9(10)12/h7-11,23-24H,6H2,1-5H3;6-11,22-23H,5H2,1-4H3;2-5H,1H3. The molecule has 354 valence electrons. The van der Waals surface area contributed by atoms with Crippen molar-refractivity contribution in [2.75, 3.05) is 12.5 Å². The minimum atomic E-state index is -3.65. The lowest BCUT2D eigenvalue weighted by atomic mass is 10.1. The number of pyridine rings is 2. The summed E-state index contributed by atoms with van der Waals surface area (Å²) in [6.45, 7) is 14.5. The van der Waals surface area contributed by atoms with Crippen molar-refractivity contribution >= 4 is 77.4 Å². The van der Waals surface area contributed by atoms with Crippen LogP contribution in [0.2, 0.25) is 0 Å². The van der Waals surface area contributed by atoms with Gasteiger partial charge in [0.2, 0.25) is 20.0 Å². The van der Waals surface area contributed by atoms with Crippen molar-refractivity contribution in [2.24, 2.45) is 0 Å². The van der Waals surface area contributed by atoms with Crippen LogP contribution >= 0.6 is 23.7 Å². The topological polar surface area (TPSA) is 187 Å². The number of thioether (sulfide) groups is 1. The number of rotatable bonds is 10. The van der Waals surface area contributed by atoms with E-state index in [9.17, 15) is 35.2 Å². The Morgan fingerprint density at radius 2 is 1.15 bits per heavy atom. The number of nitrogens with one attached hydrogen (secondary N) is 4. The largest absolute Gasteiger partial charge is 0.353 e. The molecule has 0 fully saturated rings. The number of imide groups is 1. The first kappa shape index (κ1) is 51.0. The minimum absolute atomic E-state index is 0.103. The number of hydrogen-bond donors (Lipinski definition) is 4. The number of aromatic amines is 2. The van der Waals surface area contributed by atoms with Crippen molar-refractivity contribution in [3.05, 3.63) is 125 Å². The number of nitrogens with zero attached hydrogens (tertiary/aromatic N) is 3. The van der Waals surface area contributed by atoms with Crippen LogP contribution in [0.5, 0.6) is 0 Å². The average molecular weight is 990 g/mol. The molecule has 0 saturated heterocycles. The van der Waals surface area contributed by atoms with E-state index in [-0.39, 0.29) is 33.2 Å². The quantitative estimate of drug-likeness (QED) is 0.0584. The molecule has 0 aliphatic carbocycles. The highest BCUT2D eigenvalue weighted by Crippen LogP contribution is 2.37. The Balaban J connectivity index is 0.000000176. The first-order chi connectivity index (χ1) is 31.4. The van der Waals surface area contributed by atoms with Crippen molar-refractivity contribution in [3.63, 3.8) is 0 Å². The number of benzene rings is 3. The van der Waals surface area contributed by atoms with Gasteiger partial charge in [-0.15, -0.1) is 11.8 Å². The Morgan fingerprint density at radius 1 is 0.657 bits per heavy atom. The van der Waals surface area contributed by atoms with Gasteiger partial charge in [-0.1, -0.05) is 26.0 Å². The van der Waals surface area contributed by atoms with Crippen LogP contribution in [-0.4, -0.2) is 76.5 Å². The summed E-state index contributed by atoms with van der Waals surface area (Å²) >= 11 is 2.64. The number of amides is 2. The summed E-state index contributed by atoms with van der Waals surface area (Å²) in [5.41, 5.74) is 5.47. The highest BCUT2D eigenvalue weighted by Gasteiger charge is 2.34. The minimum Gasteiger partial charge on any atom is -0.353 e. The molecule has 0 saturated carbocycles. The predicted octanol–water partition coefficient (Wildman–Crippen LogP) is 10.3. The van der Waals surface area contributed by atoms with E-state index in [4.69, 9.17) is 0 Å². The zero-order valence-electron chi connectivity index (χ0n) is 38.8. The first-order valence-corrected chi connectivity index (χ1v) is 26.5. The second-order valence-corrected chi connectivity index (χ2v) is 22.5.